The molecule has 3 aliphatic heterocycles. The number of hydrogen-bond acceptors (Lipinski definition) is 3. The minimum absolute atomic E-state index is 0.0660. The quantitative estimate of drug-likeness (QED) is 0.718. The van der Waals surface area contributed by atoms with E-state index in [-0.39, 0.29) is 11.9 Å². The topological polar surface area (TPSA) is 45.0 Å². The van der Waals surface area contributed by atoms with Gasteiger partial charge >= 0.3 is 0 Å². The van der Waals surface area contributed by atoms with Crippen molar-refractivity contribution >= 4 is 33.8 Å². The molecule has 0 bridgehead atoms. The van der Waals surface area contributed by atoms with Gasteiger partial charge in [0, 0.05) is 41.3 Å². The highest BCUT2D eigenvalue weighted by atomic mass is 79.9. The maximum atomic E-state index is 12.5. The average Bonchev–Trinajstić information content (AvgIpc) is 3.16. The van der Waals surface area contributed by atoms with Gasteiger partial charge in [0.2, 0.25) is 5.91 Å². The maximum absolute atomic E-state index is 12.5. The molecule has 1 saturated heterocycles. The third-order valence-electron chi connectivity index (χ3n) is 5.18. The molecule has 0 radical (unpaired) electrons. The highest BCUT2D eigenvalue weighted by Crippen LogP contribution is 2.33. The molecule has 26 heavy (non-hydrogen) atoms. The van der Waals surface area contributed by atoms with Crippen LogP contribution in [0.4, 0.5) is 0 Å². The van der Waals surface area contributed by atoms with Crippen LogP contribution in [0.5, 0.6) is 0 Å². The van der Waals surface area contributed by atoms with E-state index in [4.69, 9.17) is 4.99 Å². The van der Waals surface area contributed by atoms with Gasteiger partial charge in [-0.1, -0.05) is 43.7 Å². The number of amides is 1. The van der Waals surface area contributed by atoms with Crippen molar-refractivity contribution in [2.24, 2.45) is 15.9 Å². The molecular weight excluding hydrogens is 390 g/mol. The molecule has 0 saturated carbocycles. The zero-order valence-corrected chi connectivity index (χ0v) is 16.4. The van der Waals surface area contributed by atoms with Crippen LogP contribution in [0, 0.1) is 5.92 Å². The SMILES string of the molecule is CCCC1CC(=O)N(CC2=C3N=CC(Br)=CC3N=C2c2ccccc2)C1. The Morgan fingerprint density at radius 1 is 1.27 bits per heavy atom. The molecule has 0 aromatic heterocycles. The minimum atomic E-state index is -0.0660. The van der Waals surface area contributed by atoms with Crippen molar-refractivity contribution in [3.05, 3.63) is 57.7 Å². The summed E-state index contributed by atoms with van der Waals surface area (Å²) < 4.78 is 0.948. The van der Waals surface area contributed by atoms with Gasteiger partial charge in [0.1, 0.15) is 6.04 Å². The number of aliphatic imine (C=N–C) groups is 2. The third-order valence-corrected chi connectivity index (χ3v) is 5.64. The number of carbonyl (C=O) groups is 1. The summed E-state index contributed by atoms with van der Waals surface area (Å²) in [4.78, 5) is 24.1. The number of fused-ring (bicyclic) bond motifs is 1. The van der Waals surface area contributed by atoms with Crippen LogP contribution >= 0.6 is 15.9 Å². The van der Waals surface area contributed by atoms with Crippen molar-refractivity contribution in [3.8, 4) is 0 Å². The monoisotopic (exact) mass is 411 g/mol. The van der Waals surface area contributed by atoms with Gasteiger partial charge in [0.15, 0.2) is 0 Å². The van der Waals surface area contributed by atoms with Gasteiger partial charge in [-0.2, -0.15) is 0 Å². The molecule has 0 N–H and O–H groups in total. The molecule has 0 spiro atoms. The minimum Gasteiger partial charge on any atom is -0.338 e. The van der Waals surface area contributed by atoms with Crippen molar-refractivity contribution < 1.29 is 4.79 Å². The van der Waals surface area contributed by atoms with Crippen molar-refractivity contribution in [1.29, 1.82) is 0 Å². The van der Waals surface area contributed by atoms with Crippen molar-refractivity contribution in [3.63, 3.8) is 0 Å². The second-order valence-corrected chi connectivity index (χ2v) is 8.01. The van der Waals surface area contributed by atoms with E-state index in [9.17, 15) is 4.79 Å². The predicted molar refractivity (Wildman–Crippen MR) is 109 cm³/mol. The predicted octanol–water partition coefficient (Wildman–Crippen LogP) is 4.12. The summed E-state index contributed by atoms with van der Waals surface area (Å²) in [5.74, 6) is 0.736. The first-order valence-electron chi connectivity index (χ1n) is 9.21. The molecule has 1 amide bonds. The normalized spacial score (nSPS) is 24.8. The van der Waals surface area contributed by atoms with Gasteiger partial charge < -0.3 is 4.90 Å². The van der Waals surface area contributed by atoms with E-state index in [1.54, 1.807) is 0 Å². The summed E-state index contributed by atoms with van der Waals surface area (Å²) in [6.07, 6.45) is 6.81. The number of likely N-dealkylation sites (tertiary alicyclic amines) is 1. The summed E-state index contributed by atoms with van der Waals surface area (Å²) in [6.45, 7) is 3.63. The number of dihydropyridines is 1. The Labute approximate surface area is 162 Å². The number of benzene rings is 1. The lowest BCUT2D eigenvalue weighted by atomic mass is 10.0. The Morgan fingerprint density at radius 2 is 2.08 bits per heavy atom. The van der Waals surface area contributed by atoms with Crippen LogP contribution in [-0.2, 0) is 4.79 Å². The lowest BCUT2D eigenvalue weighted by Crippen LogP contribution is -2.30. The van der Waals surface area contributed by atoms with Crippen LogP contribution in [0.25, 0.3) is 0 Å². The summed E-state index contributed by atoms with van der Waals surface area (Å²) in [5.41, 5.74) is 4.10. The molecule has 5 heteroatoms. The zero-order chi connectivity index (χ0) is 18.1. The van der Waals surface area contributed by atoms with Crippen LogP contribution in [0.15, 0.2) is 62.1 Å². The van der Waals surface area contributed by atoms with Gasteiger partial charge in [-0.25, -0.2) is 0 Å². The molecule has 134 valence electrons. The molecule has 0 aliphatic carbocycles. The molecule has 3 aliphatic rings. The first-order valence-corrected chi connectivity index (χ1v) is 10.0. The smallest absolute Gasteiger partial charge is 0.223 e. The standard InChI is InChI=1S/C21H22BrN3O/c1-2-6-14-9-19(26)25(12-14)13-17-20(15-7-4-3-5-8-15)24-18-10-16(22)11-23-21(17)18/h3-5,7-8,10-11,14,18H,2,6,9,12-13H2,1H3. The van der Waals surface area contributed by atoms with Crippen LogP contribution in [0.1, 0.15) is 31.7 Å². The number of allylic oxidation sites excluding steroid dienone is 1. The van der Waals surface area contributed by atoms with Crippen LogP contribution in [0.2, 0.25) is 0 Å². The third kappa shape index (κ3) is 3.32. The fourth-order valence-corrected chi connectivity index (χ4v) is 4.33. The van der Waals surface area contributed by atoms with Crippen molar-refractivity contribution in [2.75, 3.05) is 13.1 Å². The Morgan fingerprint density at radius 3 is 2.85 bits per heavy atom. The zero-order valence-electron chi connectivity index (χ0n) is 14.9. The van der Waals surface area contributed by atoms with Gasteiger partial charge in [-0.15, -0.1) is 0 Å². The molecule has 4 nitrogen and oxygen atoms in total. The average molecular weight is 412 g/mol. The number of nitrogens with zero attached hydrogens (tertiary/aromatic N) is 3. The number of halogens is 1. The summed E-state index contributed by atoms with van der Waals surface area (Å²) >= 11 is 3.50. The van der Waals surface area contributed by atoms with Crippen LogP contribution < -0.4 is 0 Å². The van der Waals surface area contributed by atoms with Crippen molar-refractivity contribution in [2.45, 2.75) is 32.2 Å². The lowest BCUT2D eigenvalue weighted by molar-refractivity contribution is -0.127. The van der Waals surface area contributed by atoms with Crippen LogP contribution in [-0.4, -0.2) is 41.9 Å². The van der Waals surface area contributed by atoms with Crippen LogP contribution in [0.3, 0.4) is 0 Å². The maximum Gasteiger partial charge on any atom is 0.223 e. The summed E-state index contributed by atoms with van der Waals surface area (Å²) in [5, 5.41) is 0. The summed E-state index contributed by atoms with van der Waals surface area (Å²) in [6, 6.07) is 10.1. The highest BCUT2D eigenvalue weighted by molar-refractivity contribution is 9.12. The van der Waals surface area contributed by atoms with Gasteiger partial charge in [-0.05, 0) is 34.3 Å². The van der Waals surface area contributed by atoms with Gasteiger partial charge in [0.25, 0.3) is 0 Å². The largest absolute Gasteiger partial charge is 0.338 e. The number of rotatable bonds is 5. The second-order valence-electron chi connectivity index (χ2n) is 7.10. The van der Waals surface area contributed by atoms with Gasteiger partial charge in [0.05, 0.1) is 11.4 Å². The van der Waals surface area contributed by atoms with E-state index in [1.807, 2.05) is 29.3 Å². The molecule has 4 rings (SSSR count). The van der Waals surface area contributed by atoms with E-state index < -0.39 is 0 Å². The fourth-order valence-electron chi connectivity index (χ4n) is 3.97. The van der Waals surface area contributed by atoms with E-state index in [1.165, 1.54) is 0 Å². The summed E-state index contributed by atoms with van der Waals surface area (Å²) in [7, 11) is 0. The molecule has 3 heterocycles. The lowest BCUT2D eigenvalue weighted by Gasteiger charge is -2.20. The van der Waals surface area contributed by atoms with E-state index in [0.717, 1.165) is 46.4 Å². The number of carbonyl (C=O) groups excluding carboxylic acids is 1. The van der Waals surface area contributed by atoms with Crippen molar-refractivity contribution in [1.82, 2.24) is 4.90 Å². The molecule has 1 aromatic carbocycles. The Bertz CT molecular complexity index is 838. The van der Waals surface area contributed by atoms with E-state index >= 15 is 0 Å². The Kier molecular flexibility index (Phi) is 4.90. The molecule has 1 fully saturated rings. The Balaban J connectivity index is 1.66. The molecular formula is C21H22BrN3O. The van der Waals surface area contributed by atoms with E-state index in [0.29, 0.717) is 18.9 Å². The highest BCUT2D eigenvalue weighted by Gasteiger charge is 2.34. The Hall–Kier alpha value is -2.01. The molecule has 1 aromatic rings. The van der Waals surface area contributed by atoms with E-state index in [2.05, 4.69) is 46.1 Å². The fraction of sp³-hybridized carbons (Fsp3) is 0.381. The second kappa shape index (κ2) is 7.31. The first-order chi connectivity index (χ1) is 12.7. The molecule has 2 unspecified atom stereocenters. The molecule has 2 atom stereocenters. The van der Waals surface area contributed by atoms with Gasteiger partial charge in [-0.3, -0.25) is 14.8 Å². The number of hydrogen-bond donors (Lipinski definition) is 0. The first kappa shape index (κ1) is 17.4.